The minimum atomic E-state index is -1.68. The average Bonchev–Trinajstić information content (AvgIpc) is 2.89. The third-order valence-electron chi connectivity index (χ3n) is 6.82. The van der Waals surface area contributed by atoms with Gasteiger partial charge in [-0.05, 0) is 49.9 Å². The van der Waals surface area contributed by atoms with E-state index < -0.39 is 60.6 Å². The molecule has 5 unspecified atom stereocenters. The van der Waals surface area contributed by atoms with E-state index in [-0.39, 0.29) is 57.9 Å². The lowest BCUT2D eigenvalue weighted by Crippen LogP contribution is -2.58. The second kappa shape index (κ2) is 11.4. The summed E-state index contributed by atoms with van der Waals surface area (Å²) >= 11 is 0. The summed E-state index contributed by atoms with van der Waals surface area (Å²) in [4.78, 5) is 38.7. The molecule has 5 atom stereocenters. The highest BCUT2D eigenvalue weighted by Crippen LogP contribution is 2.43. The lowest BCUT2D eigenvalue weighted by molar-refractivity contribution is -0.268. The van der Waals surface area contributed by atoms with Crippen molar-refractivity contribution in [3.63, 3.8) is 0 Å². The number of hydrogen-bond acceptors (Lipinski definition) is 12. The van der Waals surface area contributed by atoms with Gasteiger partial charge in [0.15, 0.2) is 11.6 Å². The van der Waals surface area contributed by atoms with Crippen LogP contribution in [0.25, 0.3) is 0 Å². The van der Waals surface area contributed by atoms with E-state index in [0.717, 1.165) is 6.92 Å². The Morgan fingerprint density at radius 3 is 2.28 bits per heavy atom. The second-order valence-corrected chi connectivity index (χ2v) is 9.52. The molecule has 4 rings (SSSR count). The number of aliphatic hydroxyl groups excluding tert-OH is 5. The van der Waals surface area contributed by atoms with Crippen LogP contribution in [0.4, 0.5) is 0 Å². The summed E-state index contributed by atoms with van der Waals surface area (Å²) in [6.07, 6.45) is -6.28. The molecule has 0 saturated carbocycles. The van der Waals surface area contributed by atoms with Crippen molar-refractivity contribution in [1.82, 2.24) is 0 Å². The number of fused-ring (bicyclic) bond motifs is 2. The highest BCUT2D eigenvalue weighted by atomic mass is 16.7. The van der Waals surface area contributed by atoms with Gasteiger partial charge in [-0.3, -0.25) is 14.4 Å². The van der Waals surface area contributed by atoms with E-state index in [0.29, 0.717) is 12.8 Å². The Balaban J connectivity index is 1.84. The zero-order chi connectivity index (χ0) is 28.6. The van der Waals surface area contributed by atoms with E-state index in [1.807, 2.05) is 0 Å². The number of rotatable bonds is 8. The number of aliphatic hydroxyl groups is 5. The SMILES string of the molecule is CC(=O)Oc1cc(CO)c2c(c1)C(=O)c1cc(OC3OC(C)C(O)C(O)C3O)c(CCCCO)c(O)c1C2=O. The van der Waals surface area contributed by atoms with Gasteiger partial charge in [-0.15, -0.1) is 0 Å². The third-order valence-corrected chi connectivity index (χ3v) is 6.82. The van der Waals surface area contributed by atoms with Crippen LogP contribution < -0.4 is 9.47 Å². The number of phenolic OH excluding ortho intramolecular Hbond substituents is 1. The molecule has 12 heteroatoms. The van der Waals surface area contributed by atoms with Crippen molar-refractivity contribution < 1.29 is 59.2 Å². The van der Waals surface area contributed by atoms with Crippen LogP contribution in [0.1, 0.15) is 69.7 Å². The fourth-order valence-corrected chi connectivity index (χ4v) is 4.83. The van der Waals surface area contributed by atoms with Gasteiger partial charge in [-0.2, -0.15) is 0 Å². The van der Waals surface area contributed by atoms with Crippen LogP contribution in [-0.2, 0) is 22.6 Å². The molecule has 12 nitrogen and oxygen atoms in total. The predicted molar refractivity (Wildman–Crippen MR) is 132 cm³/mol. The van der Waals surface area contributed by atoms with E-state index in [9.17, 15) is 45.0 Å². The lowest BCUT2D eigenvalue weighted by atomic mass is 9.80. The van der Waals surface area contributed by atoms with Crippen molar-refractivity contribution in [1.29, 1.82) is 0 Å². The molecular weight excluding hydrogens is 516 g/mol. The number of phenols is 1. The fourth-order valence-electron chi connectivity index (χ4n) is 4.83. The first-order valence-corrected chi connectivity index (χ1v) is 12.4. The maximum absolute atomic E-state index is 13.6. The summed E-state index contributed by atoms with van der Waals surface area (Å²) in [5.41, 5.74) is -0.744. The van der Waals surface area contributed by atoms with Crippen LogP contribution in [-0.4, -0.2) is 85.5 Å². The summed E-state index contributed by atoms with van der Waals surface area (Å²) in [5.74, 6) is -2.88. The molecule has 2 aromatic carbocycles. The van der Waals surface area contributed by atoms with Crippen molar-refractivity contribution in [2.45, 2.75) is 70.4 Å². The molecule has 6 N–H and O–H groups in total. The number of ketones is 2. The summed E-state index contributed by atoms with van der Waals surface area (Å²) in [5, 5.41) is 61.0. The summed E-state index contributed by atoms with van der Waals surface area (Å²) in [6.45, 7) is 1.82. The van der Waals surface area contributed by atoms with Gasteiger partial charge in [-0.25, -0.2) is 0 Å². The van der Waals surface area contributed by atoms with Crippen molar-refractivity contribution in [3.8, 4) is 17.2 Å². The molecule has 1 aliphatic carbocycles. The van der Waals surface area contributed by atoms with E-state index in [1.165, 1.54) is 25.1 Å². The molecule has 1 heterocycles. The molecule has 0 spiro atoms. The van der Waals surface area contributed by atoms with Crippen LogP contribution in [0.15, 0.2) is 18.2 Å². The van der Waals surface area contributed by atoms with Crippen molar-refractivity contribution in [2.24, 2.45) is 0 Å². The zero-order valence-electron chi connectivity index (χ0n) is 21.3. The molecule has 39 heavy (non-hydrogen) atoms. The molecule has 0 bridgehead atoms. The van der Waals surface area contributed by atoms with Crippen LogP contribution >= 0.6 is 0 Å². The lowest BCUT2D eigenvalue weighted by Gasteiger charge is -2.39. The van der Waals surface area contributed by atoms with E-state index in [1.54, 1.807) is 0 Å². The molecule has 0 amide bonds. The van der Waals surface area contributed by atoms with Gasteiger partial charge in [0.25, 0.3) is 0 Å². The smallest absolute Gasteiger partial charge is 0.308 e. The first-order valence-electron chi connectivity index (χ1n) is 12.4. The normalized spacial score (nSPS) is 24.2. The van der Waals surface area contributed by atoms with Crippen molar-refractivity contribution in [2.75, 3.05) is 6.61 Å². The van der Waals surface area contributed by atoms with Crippen LogP contribution in [0.5, 0.6) is 17.2 Å². The molecule has 1 saturated heterocycles. The number of hydrogen-bond donors (Lipinski definition) is 6. The van der Waals surface area contributed by atoms with Crippen LogP contribution in [0.2, 0.25) is 0 Å². The van der Waals surface area contributed by atoms with Gasteiger partial charge in [0.1, 0.15) is 35.6 Å². The standard InChI is InChI=1S/C27H30O12/c1-11-21(31)25(35)26(36)27(37-11)39-18-9-17-20(23(33)15(18)5-3-4-6-28)24(34)19-13(10-29)7-14(38-12(2)30)8-16(19)22(17)32/h7-9,11,21,25-29,31,33,35-36H,3-6,10H2,1-2H3. The Bertz CT molecular complexity index is 1300. The summed E-state index contributed by atoms with van der Waals surface area (Å²) in [6, 6.07) is 3.66. The maximum Gasteiger partial charge on any atom is 0.308 e. The van der Waals surface area contributed by atoms with Crippen LogP contribution in [0, 0.1) is 0 Å². The molecule has 210 valence electrons. The van der Waals surface area contributed by atoms with Gasteiger partial charge in [0, 0.05) is 35.8 Å². The Morgan fingerprint density at radius 1 is 0.949 bits per heavy atom. The zero-order valence-corrected chi connectivity index (χ0v) is 21.3. The topological polar surface area (TPSA) is 200 Å². The number of ether oxygens (including phenoxy) is 3. The summed E-state index contributed by atoms with van der Waals surface area (Å²) in [7, 11) is 0. The van der Waals surface area contributed by atoms with E-state index >= 15 is 0 Å². The fraction of sp³-hybridized carbons (Fsp3) is 0.444. The average molecular weight is 547 g/mol. The first-order chi connectivity index (χ1) is 18.5. The number of aromatic hydroxyl groups is 1. The maximum atomic E-state index is 13.6. The monoisotopic (exact) mass is 546 g/mol. The number of carbonyl (C=O) groups excluding carboxylic acids is 3. The third kappa shape index (κ3) is 5.26. The largest absolute Gasteiger partial charge is 0.507 e. The highest BCUT2D eigenvalue weighted by molar-refractivity contribution is 6.30. The molecule has 2 aliphatic rings. The van der Waals surface area contributed by atoms with Crippen molar-refractivity contribution in [3.05, 3.63) is 51.6 Å². The van der Waals surface area contributed by atoms with Crippen molar-refractivity contribution >= 4 is 17.5 Å². The van der Waals surface area contributed by atoms with Gasteiger partial charge in [0.2, 0.25) is 6.29 Å². The molecule has 1 aliphatic heterocycles. The number of unbranched alkanes of at least 4 members (excludes halogenated alkanes) is 1. The summed E-state index contributed by atoms with van der Waals surface area (Å²) < 4.78 is 16.4. The van der Waals surface area contributed by atoms with Gasteiger partial charge in [-0.1, -0.05) is 0 Å². The molecule has 1 fully saturated rings. The minimum Gasteiger partial charge on any atom is -0.507 e. The quantitative estimate of drug-likeness (QED) is 0.127. The van der Waals surface area contributed by atoms with Crippen LogP contribution in [0.3, 0.4) is 0 Å². The minimum absolute atomic E-state index is 0.0227. The number of esters is 1. The second-order valence-electron chi connectivity index (χ2n) is 9.52. The first kappa shape index (κ1) is 28.6. The van der Waals surface area contributed by atoms with Gasteiger partial charge >= 0.3 is 5.97 Å². The van der Waals surface area contributed by atoms with Gasteiger partial charge in [0.05, 0.1) is 18.3 Å². The molecule has 0 radical (unpaired) electrons. The molecule has 0 aromatic heterocycles. The Hall–Kier alpha value is -3.39. The van der Waals surface area contributed by atoms with Gasteiger partial charge < -0.3 is 44.8 Å². The predicted octanol–water partition coefficient (Wildman–Crippen LogP) is 0.106. The number of benzene rings is 2. The Morgan fingerprint density at radius 2 is 1.64 bits per heavy atom. The van der Waals surface area contributed by atoms with E-state index in [2.05, 4.69) is 0 Å². The Kier molecular flexibility index (Phi) is 8.35. The molecule has 2 aromatic rings. The number of carbonyl (C=O) groups is 3. The molecular formula is C27H30O12. The highest BCUT2D eigenvalue weighted by Gasteiger charge is 2.44. The van der Waals surface area contributed by atoms with E-state index in [4.69, 9.17) is 14.2 Å². The Labute approximate surface area is 223 Å².